The molecule has 0 fully saturated rings. The van der Waals surface area contributed by atoms with Crippen LogP contribution in [-0.2, 0) is 12.3 Å². The van der Waals surface area contributed by atoms with Crippen molar-refractivity contribution in [3.8, 4) is 0 Å². The fourth-order valence-corrected chi connectivity index (χ4v) is 3.24. The molecule has 23 heavy (non-hydrogen) atoms. The second kappa shape index (κ2) is 6.98. The van der Waals surface area contributed by atoms with E-state index in [0.717, 1.165) is 5.56 Å². The van der Waals surface area contributed by atoms with Crippen molar-refractivity contribution in [2.45, 2.75) is 17.5 Å². The van der Waals surface area contributed by atoms with Gasteiger partial charge in [0.1, 0.15) is 5.15 Å². The lowest BCUT2D eigenvalue weighted by atomic mass is 10.2. The van der Waals surface area contributed by atoms with Gasteiger partial charge in [-0.1, -0.05) is 47.6 Å². The van der Waals surface area contributed by atoms with Gasteiger partial charge in [-0.05, 0) is 23.8 Å². The Morgan fingerprint density at radius 2 is 2.09 bits per heavy atom. The van der Waals surface area contributed by atoms with E-state index >= 15 is 0 Å². The van der Waals surface area contributed by atoms with Gasteiger partial charge >= 0.3 is 0 Å². The number of hydrogen-bond acceptors (Lipinski definition) is 4. The van der Waals surface area contributed by atoms with E-state index in [1.807, 2.05) is 24.3 Å². The first-order valence-electron chi connectivity index (χ1n) is 7.03. The summed E-state index contributed by atoms with van der Waals surface area (Å²) in [5.41, 5.74) is 1.67. The third-order valence-electron chi connectivity index (χ3n) is 3.29. The standard InChI is InChI=1S/C17H14ClN3OS/c1-2-9-21-16(22)13-5-3-4-6-14(13)20-17(21)23-11-12-7-8-15(18)19-10-12/h2-8,10H,1,9,11H2. The molecule has 0 aliphatic carbocycles. The van der Waals surface area contributed by atoms with E-state index < -0.39 is 0 Å². The summed E-state index contributed by atoms with van der Waals surface area (Å²) >= 11 is 7.29. The summed E-state index contributed by atoms with van der Waals surface area (Å²) in [6, 6.07) is 11.0. The molecule has 0 amide bonds. The molecule has 4 nitrogen and oxygen atoms in total. The molecule has 1 aromatic carbocycles. The molecule has 0 aliphatic heterocycles. The van der Waals surface area contributed by atoms with E-state index in [1.165, 1.54) is 11.8 Å². The van der Waals surface area contributed by atoms with Crippen molar-refractivity contribution < 1.29 is 0 Å². The number of allylic oxidation sites excluding steroid dienone is 1. The van der Waals surface area contributed by atoms with Crippen LogP contribution in [0.2, 0.25) is 5.15 Å². The minimum absolute atomic E-state index is 0.0489. The van der Waals surface area contributed by atoms with Crippen LogP contribution in [-0.4, -0.2) is 14.5 Å². The Morgan fingerprint density at radius 3 is 2.83 bits per heavy atom. The van der Waals surface area contributed by atoms with Crippen LogP contribution in [0.5, 0.6) is 0 Å². The number of aromatic nitrogens is 3. The number of pyridine rings is 1. The molecule has 6 heteroatoms. The van der Waals surface area contributed by atoms with Crippen LogP contribution in [0.1, 0.15) is 5.56 Å². The number of rotatable bonds is 5. The Balaban J connectivity index is 1.98. The van der Waals surface area contributed by atoms with Gasteiger partial charge in [-0.15, -0.1) is 6.58 Å². The molecule has 2 aromatic heterocycles. The average Bonchev–Trinajstić information content (AvgIpc) is 2.57. The molecular formula is C17H14ClN3OS. The van der Waals surface area contributed by atoms with Crippen molar-refractivity contribution in [3.63, 3.8) is 0 Å². The second-order valence-corrected chi connectivity index (χ2v) is 6.22. The van der Waals surface area contributed by atoms with Gasteiger partial charge in [-0.3, -0.25) is 9.36 Å². The van der Waals surface area contributed by atoms with Gasteiger partial charge in [-0.25, -0.2) is 9.97 Å². The van der Waals surface area contributed by atoms with Gasteiger partial charge in [0.05, 0.1) is 10.9 Å². The zero-order chi connectivity index (χ0) is 16.2. The summed E-state index contributed by atoms with van der Waals surface area (Å²) in [7, 11) is 0. The van der Waals surface area contributed by atoms with Crippen molar-refractivity contribution in [3.05, 3.63) is 76.3 Å². The summed E-state index contributed by atoms with van der Waals surface area (Å²) < 4.78 is 1.64. The molecule has 0 unspecified atom stereocenters. The third kappa shape index (κ3) is 3.46. The van der Waals surface area contributed by atoms with Crippen molar-refractivity contribution in [2.24, 2.45) is 0 Å². The Kier molecular flexibility index (Phi) is 4.79. The van der Waals surface area contributed by atoms with Crippen LogP contribution < -0.4 is 5.56 Å². The van der Waals surface area contributed by atoms with Crippen LogP contribution >= 0.6 is 23.4 Å². The predicted octanol–water partition coefficient (Wildman–Crippen LogP) is 3.92. The highest BCUT2D eigenvalue weighted by Crippen LogP contribution is 2.22. The van der Waals surface area contributed by atoms with Crippen molar-refractivity contribution >= 4 is 34.3 Å². The summed E-state index contributed by atoms with van der Waals surface area (Å²) in [5.74, 6) is 0.659. The highest BCUT2D eigenvalue weighted by molar-refractivity contribution is 7.98. The first kappa shape index (κ1) is 15.8. The zero-order valence-corrected chi connectivity index (χ0v) is 13.8. The van der Waals surface area contributed by atoms with Gasteiger partial charge in [-0.2, -0.15) is 0 Å². The minimum atomic E-state index is -0.0489. The Bertz CT molecular complexity index is 906. The molecule has 3 aromatic rings. The average molecular weight is 344 g/mol. The van der Waals surface area contributed by atoms with Gasteiger partial charge in [0.25, 0.3) is 5.56 Å². The Labute approximate surface area is 142 Å². The quantitative estimate of drug-likeness (QED) is 0.305. The van der Waals surface area contributed by atoms with Crippen molar-refractivity contribution in [2.75, 3.05) is 0 Å². The first-order valence-corrected chi connectivity index (χ1v) is 8.39. The van der Waals surface area contributed by atoms with E-state index in [9.17, 15) is 4.79 Å². The molecule has 0 saturated carbocycles. The van der Waals surface area contributed by atoms with Gasteiger partial charge in [0.2, 0.25) is 0 Å². The predicted molar refractivity (Wildman–Crippen MR) is 95.0 cm³/mol. The van der Waals surface area contributed by atoms with E-state index in [4.69, 9.17) is 11.6 Å². The number of hydrogen-bond donors (Lipinski definition) is 0. The Morgan fingerprint density at radius 1 is 1.26 bits per heavy atom. The fourth-order valence-electron chi connectivity index (χ4n) is 2.19. The van der Waals surface area contributed by atoms with Gasteiger partial charge in [0.15, 0.2) is 5.16 Å². The van der Waals surface area contributed by atoms with Crippen molar-refractivity contribution in [1.29, 1.82) is 0 Å². The van der Waals surface area contributed by atoms with Crippen molar-refractivity contribution in [1.82, 2.24) is 14.5 Å². The normalized spacial score (nSPS) is 10.8. The summed E-state index contributed by atoms with van der Waals surface area (Å²) in [6.07, 6.45) is 3.43. The summed E-state index contributed by atoms with van der Waals surface area (Å²) in [4.78, 5) is 21.3. The zero-order valence-electron chi connectivity index (χ0n) is 12.3. The monoisotopic (exact) mass is 343 g/mol. The maximum Gasteiger partial charge on any atom is 0.262 e. The van der Waals surface area contributed by atoms with Gasteiger partial charge in [0, 0.05) is 18.5 Å². The highest BCUT2D eigenvalue weighted by atomic mass is 35.5. The first-order chi connectivity index (χ1) is 11.2. The number of halogens is 1. The molecule has 0 bridgehead atoms. The van der Waals surface area contributed by atoms with Crippen LogP contribution in [0.25, 0.3) is 10.9 Å². The lowest BCUT2D eigenvalue weighted by Crippen LogP contribution is -2.22. The van der Waals surface area contributed by atoms with E-state index in [0.29, 0.717) is 33.5 Å². The lowest BCUT2D eigenvalue weighted by Gasteiger charge is -2.11. The van der Waals surface area contributed by atoms with E-state index in [2.05, 4.69) is 16.5 Å². The number of para-hydroxylation sites is 1. The van der Waals surface area contributed by atoms with Crippen LogP contribution in [0.15, 0.2) is 65.2 Å². The second-order valence-electron chi connectivity index (χ2n) is 4.89. The molecule has 0 spiro atoms. The fraction of sp³-hybridized carbons (Fsp3) is 0.118. The van der Waals surface area contributed by atoms with Crippen LogP contribution in [0.3, 0.4) is 0 Å². The molecule has 0 radical (unpaired) electrons. The van der Waals surface area contributed by atoms with Gasteiger partial charge < -0.3 is 0 Å². The highest BCUT2D eigenvalue weighted by Gasteiger charge is 2.10. The smallest absolute Gasteiger partial charge is 0.262 e. The SMILES string of the molecule is C=CCn1c(SCc2ccc(Cl)nc2)nc2ccccc2c1=O. The summed E-state index contributed by atoms with van der Waals surface area (Å²) in [5, 5.41) is 1.75. The number of benzene rings is 1. The molecule has 0 saturated heterocycles. The molecule has 3 rings (SSSR count). The minimum Gasteiger partial charge on any atom is -0.283 e. The van der Waals surface area contributed by atoms with Crippen LogP contribution in [0.4, 0.5) is 0 Å². The summed E-state index contributed by atoms with van der Waals surface area (Å²) in [6.45, 7) is 4.15. The molecule has 2 heterocycles. The molecule has 0 aliphatic rings. The van der Waals surface area contributed by atoms with E-state index in [1.54, 1.807) is 29.0 Å². The molecule has 0 N–H and O–H groups in total. The van der Waals surface area contributed by atoms with Crippen LogP contribution in [0, 0.1) is 0 Å². The Hall–Kier alpha value is -2.11. The lowest BCUT2D eigenvalue weighted by molar-refractivity contribution is 0.671. The molecule has 0 atom stereocenters. The largest absolute Gasteiger partial charge is 0.283 e. The molecule has 116 valence electrons. The maximum absolute atomic E-state index is 12.6. The number of fused-ring (bicyclic) bond motifs is 1. The maximum atomic E-state index is 12.6. The topological polar surface area (TPSA) is 47.8 Å². The third-order valence-corrected chi connectivity index (χ3v) is 4.57. The molecular weight excluding hydrogens is 330 g/mol. The van der Waals surface area contributed by atoms with E-state index in [-0.39, 0.29) is 5.56 Å². The number of thioether (sulfide) groups is 1. The number of nitrogens with zero attached hydrogens (tertiary/aromatic N) is 3.